The summed E-state index contributed by atoms with van der Waals surface area (Å²) in [6.07, 6.45) is 1.00. The van der Waals surface area contributed by atoms with Gasteiger partial charge in [-0.15, -0.1) is 0 Å². The van der Waals surface area contributed by atoms with Gasteiger partial charge in [0.15, 0.2) is 0 Å². The molecule has 0 spiro atoms. The van der Waals surface area contributed by atoms with Gasteiger partial charge in [-0.25, -0.2) is 0 Å². The summed E-state index contributed by atoms with van der Waals surface area (Å²) in [5.41, 5.74) is -1.70. The summed E-state index contributed by atoms with van der Waals surface area (Å²) < 4.78 is 0. The minimum absolute atomic E-state index is 0. The monoisotopic (exact) mass is 263 g/mol. The Morgan fingerprint density at radius 2 is 1.67 bits per heavy atom. The number of fused-ring (bicyclic) bond motifs is 1. The molecular weight excluding hydrogens is 256 g/mol. The fourth-order valence-electron chi connectivity index (χ4n) is 1.81. The number of aliphatic carboxylic acids is 2. The molecule has 18 heavy (non-hydrogen) atoms. The van der Waals surface area contributed by atoms with Gasteiger partial charge in [-0.05, 0) is 11.6 Å². The fraction of sp³-hybridized carbons (Fsp3) is 0.182. The van der Waals surface area contributed by atoms with E-state index in [1.165, 1.54) is 12.3 Å². The molecule has 1 aliphatic heterocycles. The van der Waals surface area contributed by atoms with Crippen molar-refractivity contribution in [1.82, 2.24) is 0 Å². The third-order valence-corrected chi connectivity index (χ3v) is 2.69. The molecule has 0 aliphatic carbocycles. The predicted octanol–water partition coefficient (Wildman–Crippen LogP) is -7.46. The molecule has 1 aromatic rings. The van der Waals surface area contributed by atoms with E-state index in [2.05, 4.69) is 4.99 Å². The molecule has 0 fully saturated rings. The molecule has 1 aliphatic rings. The topological polar surface area (TPSA) is 92.6 Å². The molecule has 0 aromatic heterocycles. The van der Waals surface area contributed by atoms with Crippen molar-refractivity contribution in [2.24, 2.45) is 4.99 Å². The van der Waals surface area contributed by atoms with E-state index < -0.39 is 17.4 Å². The van der Waals surface area contributed by atoms with Crippen LogP contribution in [0.1, 0.15) is 12.0 Å². The minimum atomic E-state index is -2.13. The molecule has 0 unspecified atom stereocenters. The van der Waals surface area contributed by atoms with Crippen molar-refractivity contribution in [1.29, 1.82) is 0 Å². The van der Waals surface area contributed by atoms with Crippen LogP contribution in [-0.4, -0.2) is 18.2 Å². The summed E-state index contributed by atoms with van der Waals surface area (Å²) in [6, 6.07) is 6.17. The first-order chi connectivity index (χ1) is 7.59. The number of hydrogen-bond acceptors (Lipinski definition) is 5. The van der Waals surface area contributed by atoms with E-state index in [4.69, 9.17) is 0 Å². The van der Waals surface area contributed by atoms with Gasteiger partial charge >= 0.3 is 59.1 Å². The summed E-state index contributed by atoms with van der Waals surface area (Å²) in [4.78, 5) is 26.1. The predicted molar refractivity (Wildman–Crippen MR) is 50.9 cm³/mol. The van der Waals surface area contributed by atoms with Gasteiger partial charge in [-0.3, -0.25) is 4.99 Å². The largest absolute Gasteiger partial charge is 1.00 e. The normalized spacial score (nSPS) is 14.7. The first-order valence-corrected chi connectivity index (χ1v) is 4.64. The summed E-state index contributed by atoms with van der Waals surface area (Å²) in [7, 11) is 0. The van der Waals surface area contributed by atoms with E-state index in [-0.39, 0.29) is 71.1 Å². The van der Waals surface area contributed by atoms with E-state index in [1.807, 2.05) is 0 Å². The third kappa shape index (κ3) is 2.71. The first-order valence-electron chi connectivity index (χ1n) is 4.64. The van der Waals surface area contributed by atoms with Gasteiger partial charge in [-0.1, -0.05) is 18.2 Å². The number of carboxylic acid groups (broad SMARTS) is 2. The molecule has 7 heteroatoms. The number of carbonyl (C=O) groups is 2. The molecule has 82 valence electrons. The number of para-hydroxylation sites is 1. The Hall–Kier alpha value is -0.170. The average Bonchev–Trinajstić information content (AvgIpc) is 2.27. The third-order valence-electron chi connectivity index (χ3n) is 2.69. The Labute approximate surface area is 148 Å². The molecule has 0 bridgehead atoms. The van der Waals surface area contributed by atoms with Crippen molar-refractivity contribution in [2.45, 2.75) is 11.8 Å². The van der Waals surface area contributed by atoms with Crippen LogP contribution >= 0.6 is 0 Å². The number of carboxylic acids is 2. The molecule has 1 heterocycles. The smallest absolute Gasteiger partial charge is 0.549 e. The van der Waals surface area contributed by atoms with Crippen molar-refractivity contribution < 1.29 is 78.9 Å². The maximum atomic E-state index is 11.1. The van der Waals surface area contributed by atoms with Gasteiger partial charge in [0.05, 0.1) is 23.0 Å². The van der Waals surface area contributed by atoms with Crippen molar-refractivity contribution in [2.75, 3.05) is 0 Å². The average molecular weight is 263 g/mol. The van der Waals surface area contributed by atoms with Crippen LogP contribution in [0.3, 0.4) is 0 Å². The number of hydrogen-bond donors (Lipinski definition) is 0. The van der Waals surface area contributed by atoms with Gasteiger partial charge in [-0.2, -0.15) is 0 Å². The van der Waals surface area contributed by atoms with Gasteiger partial charge < -0.3 is 19.8 Å². The Bertz CT molecular complexity index is 488. The molecule has 0 saturated carbocycles. The molecule has 0 N–H and O–H groups in total. The van der Waals surface area contributed by atoms with Crippen LogP contribution in [0.5, 0.6) is 0 Å². The zero-order valence-corrected chi connectivity index (χ0v) is 14.2. The second kappa shape index (κ2) is 6.84. The number of carbonyl (C=O) groups excluding carboxylic acids is 2. The van der Waals surface area contributed by atoms with Crippen LogP contribution in [0.2, 0.25) is 0 Å². The quantitative estimate of drug-likeness (QED) is 0.391. The molecule has 0 atom stereocenters. The molecule has 0 saturated heterocycles. The number of nitrogens with zero attached hydrogens (tertiary/aromatic N) is 1. The molecule has 0 amide bonds. The molecule has 1 aromatic carbocycles. The number of aliphatic imine (C=N–C) groups is 1. The second-order valence-electron chi connectivity index (χ2n) is 3.51. The van der Waals surface area contributed by atoms with Gasteiger partial charge in [0.1, 0.15) is 0 Å². The van der Waals surface area contributed by atoms with E-state index in [1.54, 1.807) is 18.2 Å². The van der Waals surface area contributed by atoms with E-state index in [9.17, 15) is 19.8 Å². The zero-order valence-electron chi connectivity index (χ0n) is 10.2. The van der Waals surface area contributed by atoms with Crippen LogP contribution in [0.4, 0.5) is 5.69 Å². The van der Waals surface area contributed by atoms with Crippen LogP contribution in [0.15, 0.2) is 29.3 Å². The summed E-state index contributed by atoms with van der Waals surface area (Å²) >= 11 is 0. The van der Waals surface area contributed by atoms with Gasteiger partial charge in [0, 0.05) is 12.6 Å². The standard InChI is InChI=1S/C11H9NO4.2Na/c13-9(14)11(10(15)16)5-6-12-8-4-2-1-3-7(8)11;;/h1-4,6H,5H2,(H,13,14)(H,15,16);;/q;2*+1/p-2. The van der Waals surface area contributed by atoms with Crippen LogP contribution in [0.25, 0.3) is 0 Å². The Morgan fingerprint density at radius 1 is 1.11 bits per heavy atom. The van der Waals surface area contributed by atoms with E-state index >= 15 is 0 Å². The van der Waals surface area contributed by atoms with Gasteiger partial charge in [0.2, 0.25) is 0 Å². The summed E-state index contributed by atoms with van der Waals surface area (Å²) in [5, 5.41) is 22.2. The molecule has 0 radical (unpaired) electrons. The summed E-state index contributed by atoms with van der Waals surface area (Å²) in [5.74, 6) is -3.35. The maximum Gasteiger partial charge on any atom is 1.00 e. The summed E-state index contributed by atoms with van der Waals surface area (Å²) in [6.45, 7) is 0. The Morgan fingerprint density at radius 3 is 2.22 bits per heavy atom. The molecular formula is C11H7NNa2O4. The minimum Gasteiger partial charge on any atom is -0.549 e. The molecule has 2 rings (SSSR count). The maximum absolute atomic E-state index is 11.1. The van der Waals surface area contributed by atoms with Crippen LogP contribution < -0.4 is 69.3 Å². The van der Waals surface area contributed by atoms with E-state index in [0.717, 1.165) is 0 Å². The van der Waals surface area contributed by atoms with Crippen LogP contribution in [-0.2, 0) is 15.0 Å². The van der Waals surface area contributed by atoms with Crippen molar-refractivity contribution in [3.8, 4) is 0 Å². The fourth-order valence-corrected chi connectivity index (χ4v) is 1.81. The number of benzene rings is 1. The number of rotatable bonds is 2. The van der Waals surface area contributed by atoms with Crippen molar-refractivity contribution in [3.63, 3.8) is 0 Å². The second-order valence-corrected chi connectivity index (χ2v) is 3.51. The van der Waals surface area contributed by atoms with E-state index in [0.29, 0.717) is 5.69 Å². The SMILES string of the molecule is O=C([O-])C1(C(=O)[O-])CC=Nc2ccccc21.[Na+].[Na+]. The zero-order chi connectivity index (χ0) is 11.8. The molecule has 5 nitrogen and oxygen atoms in total. The van der Waals surface area contributed by atoms with Crippen LogP contribution in [0, 0.1) is 0 Å². The van der Waals surface area contributed by atoms with Crippen molar-refractivity contribution >= 4 is 23.8 Å². The Balaban J connectivity index is 0.00000144. The van der Waals surface area contributed by atoms with Gasteiger partial charge in [0.25, 0.3) is 0 Å². The van der Waals surface area contributed by atoms with Crippen molar-refractivity contribution in [3.05, 3.63) is 29.8 Å². The first kappa shape index (κ1) is 17.8. The Kier molecular flexibility index (Phi) is 6.78.